The van der Waals surface area contributed by atoms with Crippen molar-refractivity contribution in [2.45, 2.75) is 25.2 Å². The van der Waals surface area contributed by atoms with Gasteiger partial charge in [0.2, 0.25) is 0 Å². The van der Waals surface area contributed by atoms with E-state index in [1.807, 2.05) is 0 Å². The Kier molecular flexibility index (Phi) is 6.31. The minimum Gasteiger partial charge on any atom is -0.493 e. The normalized spacial score (nSPS) is 13.2. The smallest absolute Gasteiger partial charge is 0.175 e. The molecule has 1 rings (SSSR count). The lowest BCUT2D eigenvalue weighted by Crippen LogP contribution is -2.25. The number of sulfone groups is 1. The highest BCUT2D eigenvalue weighted by Gasteiger charge is 2.07. The third-order valence-electron chi connectivity index (χ3n) is 2.71. The summed E-state index contributed by atoms with van der Waals surface area (Å²) in [4.78, 5) is 0.317. The monoisotopic (exact) mass is 285 g/mol. The first-order valence-corrected chi connectivity index (χ1v) is 8.46. The van der Waals surface area contributed by atoms with E-state index >= 15 is 0 Å². The fraction of sp³-hybridized carbons (Fsp3) is 0.571. The molecule has 1 atom stereocenters. The van der Waals surface area contributed by atoms with Gasteiger partial charge in [0, 0.05) is 18.7 Å². The zero-order valence-corrected chi connectivity index (χ0v) is 12.7. The van der Waals surface area contributed by atoms with Crippen molar-refractivity contribution < 1.29 is 13.2 Å². The highest BCUT2D eigenvalue weighted by atomic mass is 32.2. The lowest BCUT2D eigenvalue weighted by atomic mass is 10.2. The Hall–Kier alpha value is -1.07. The van der Waals surface area contributed by atoms with Crippen LogP contribution < -0.4 is 10.1 Å². The quantitative estimate of drug-likeness (QED) is 0.743. The van der Waals surface area contributed by atoms with Crippen molar-refractivity contribution in [3.05, 3.63) is 24.3 Å². The Morgan fingerprint density at radius 3 is 2.42 bits per heavy atom. The second-order valence-corrected chi connectivity index (χ2v) is 6.88. The summed E-state index contributed by atoms with van der Waals surface area (Å²) in [6, 6.07) is 6.54. The molecule has 0 bridgehead atoms. The van der Waals surface area contributed by atoms with Gasteiger partial charge in [0.05, 0.1) is 11.5 Å². The van der Waals surface area contributed by atoms with Crippen LogP contribution >= 0.6 is 0 Å². The summed E-state index contributed by atoms with van der Waals surface area (Å²) >= 11 is 0. The number of hydrogen-bond donors (Lipinski definition) is 1. The van der Waals surface area contributed by atoms with E-state index in [1.165, 1.54) is 6.26 Å². The van der Waals surface area contributed by atoms with Crippen LogP contribution in [0, 0.1) is 5.92 Å². The van der Waals surface area contributed by atoms with Gasteiger partial charge < -0.3 is 10.1 Å². The minimum atomic E-state index is -3.13. The molecular formula is C14H23NO3S. The summed E-state index contributed by atoms with van der Waals surface area (Å²) in [5, 5.41) is 3.34. The third-order valence-corrected chi connectivity index (χ3v) is 3.83. The van der Waals surface area contributed by atoms with Crippen molar-refractivity contribution in [3.8, 4) is 5.75 Å². The second kappa shape index (κ2) is 7.50. The van der Waals surface area contributed by atoms with Gasteiger partial charge in [0.25, 0.3) is 0 Å². The molecule has 1 N–H and O–H groups in total. The molecule has 108 valence electrons. The van der Waals surface area contributed by atoms with E-state index < -0.39 is 9.84 Å². The Bertz CT molecular complexity index is 468. The van der Waals surface area contributed by atoms with Crippen LogP contribution in [0.2, 0.25) is 0 Å². The molecule has 0 saturated carbocycles. The Balaban J connectivity index is 2.42. The van der Waals surface area contributed by atoms with E-state index in [0.29, 0.717) is 23.2 Å². The van der Waals surface area contributed by atoms with E-state index in [-0.39, 0.29) is 0 Å². The van der Waals surface area contributed by atoms with Crippen LogP contribution in [0.15, 0.2) is 29.2 Å². The molecule has 1 aromatic rings. The van der Waals surface area contributed by atoms with Crippen molar-refractivity contribution in [1.82, 2.24) is 5.32 Å². The number of hydrogen-bond acceptors (Lipinski definition) is 4. The largest absolute Gasteiger partial charge is 0.493 e. The van der Waals surface area contributed by atoms with E-state index in [0.717, 1.165) is 19.5 Å². The van der Waals surface area contributed by atoms with Gasteiger partial charge in [0.1, 0.15) is 5.75 Å². The van der Waals surface area contributed by atoms with Gasteiger partial charge in [-0.2, -0.15) is 0 Å². The third kappa shape index (κ3) is 6.07. The maximum absolute atomic E-state index is 11.3. The van der Waals surface area contributed by atoms with E-state index in [2.05, 4.69) is 19.2 Å². The van der Waals surface area contributed by atoms with Gasteiger partial charge in [-0.15, -0.1) is 0 Å². The Labute approximate surface area is 116 Å². The lowest BCUT2D eigenvalue weighted by molar-refractivity contribution is 0.255. The first-order valence-electron chi connectivity index (χ1n) is 6.57. The molecule has 0 aliphatic carbocycles. The van der Waals surface area contributed by atoms with E-state index in [1.54, 1.807) is 24.3 Å². The molecule has 1 aromatic carbocycles. The number of nitrogens with one attached hydrogen (secondary N) is 1. The predicted octanol–water partition coefficient (Wildman–Crippen LogP) is 2.10. The highest BCUT2D eigenvalue weighted by Crippen LogP contribution is 2.16. The minimum absolute atomic E-state index is 0.317. The second-order valence-electron chi connectivity index (χ2n) is 4.86. The van der Waals surface area contributed by atoms with Crippen LogP contribution in [0.4, 0.5) is 0 Å². The van der Waals surface area contributed by atoms with Gasteiger partial charge in [0.15, 0.2) is 9.84 Å². The van der Waals surface area contributed by atoms with Gasteiger partial charge in [-0.25, -0.2) is 8.42 Å². The van der Waals surface area contributed by atoms with E-state index in [9.17, 15) is 8.42 Å². The van der Waals surface area contributed by atoms with Crippen molar-refractivity contribution in [2.75, 3.05) is 26.0 Å². The zero-order valence-electron chi connectivity index (χ0n) is 11.8. The van der Waals surface area contributed by atoms with Crippen molar-refractivity contribution in [1.29, 1.82) is 0 Å². The molecular weight excluding hydrogens is 262 g/mol. The van der Waals surface area contributed by atoms with Crippen molar-refractivity contribution >= 4 is 9.84 Å². The molecule has 0 amide bonds. The molecule has 0 aliphatic heterocycles. The lowest BCUT2D eigenvalue weighted by Gasteiger charge is -2.13. The first-order chi connectivity index (χ1) is 8.93. The fourth-order valence-electron chi connectivity index (χ4n) is 1.61. The standard InChI is InChI=1S/C14H23NO3S/c1-4-9-15-10-12(2)11-18-13-5-7-14(8-6-13)19(3,16)17/h5-8,12,15H,4,9-11H2,1-3H3. The van der Waals surface area contributed by atoms with Gasteiger partial charge in [-0.05, 0) is 37.2 Å². The van der Waals surface area contributed by atoms with Crippen LogP contribution in [0.25, 0.3) is 0 Å². The van der Waals surface area contributed by atoms with Crippen molar-refractivity contribution in [2.24, 2.45) is 5.92 Å². The maximum Gasteiger partial charge on any atom is 0.175 e. The van der Waals surface area contributed by atoms with Crippen molar-refractivity contribution in [3.63, 3.8) is 0 Å². The van der Waals surface area contributed by atoms with E-state index in [4.69, 9.17) is 4.74 Å². The summed E-state index contributed by atoms with van der Waals surface area (Å²) in [7, 11) is -3.13. The summed E-state index contributed by atoms with van der Waals surface area (Å²) in [5.41, 5.74) is 0. The molecule has 0 radical (unpaired) electrons. The SMILES string of the molecule is CCCNCC(C)COc1ccc(S(C)(=O)=O)cc1. The predicted molar refractivity (Wildman–Crippen MR) is 77.4 cm³/mol. The Morgan fingerprint density at radius 1 is 1.26 bits per heavy atom. The highest BCUT2D eigenvalue weighted by molar-refractivity contribution is 7.90. The molecule has 0 saturated heterocycles. The van der Waals surface area contributed by atoms with Gasteiger partial charge in [-0.3, -0.25) is 0 Å². The first kappa shape index (κ1) is 16.0. The molecule has 19 heavy (non-hydrogen) atoms. The molecule has 0 aromatic heterocycles. The summed E-state index contributed by atoms with van der Waals surface area (Å²) in [5.74, 6) is 1.12. The van der Waals surface area contributed by atoms with Gasteiger partial charge in [-0.1, -0.05) is 13.8 Å². The fourth-order valence-corrected chi connectivity index (χ4v) is 2.24. The molecule has 0 aliphatic rings. The molecule has 4 nitrogen and oxygen atoms in total. The summed E-state index contributed by atoms with van der Waals surface area (Å²) in [6.07, 6.45) is 2.32. The van der Waals surface area contributed by atoms with Crippen LogP contribution in [-0.2, 0) is 9.84 Å². The Morgan fingerprint density at radius 2 is 1.89 bits per heavy atom. The molecule has 0 fully saturated rings. The van der Waals surface area contributed by atoms with Crippen LogP contribution in [0.1, 0.15) is 20.3 Å². The average molecular weight is 285 g/mol. The van der Waals surface area contributed by atoms with Crippen LogP contribution in [-0.4, -0.2) is 34.4 Å². The number of rotatable bonds is 8. The number of benzene rings is 1. The maximum atomic E-state index is 11.3. The molecule has 0 heterocycles. The van der Waals surface area contributed by atoms with Crippen LogP contribution in [0.5, 0.6) is 5.75 Å². The number of ether oxygens (including phenoxy) is 1. The molecule has 1 unspecified atom stereocenters. The average Bonchev–Trinajstić information content (AvgIpc) is 2.36. The topological polar surface area (TPSA) is 55.4 Å². The molecule has 0 spiro atoms. The summed E-state index contributed by atoms with van der Waals surface area (Å²) in [6.45, 7) is 6.82. The molecule has 5 heteroatoms. The van der Waals surface area contributed by atoms with Gasteiger partial charge >= 0.3 is 0 Å². The van der Waals surface area contributed by atoms with Crippen LogP contribution in [0.3, 0.4) is 0 Å². The zero-order chi connectivity index (χ0) is 14.3. The summed E-state index contributed by atoms with van der Waals surface area (Å²) < 4.78 is 28.2.